The number of nitrogens with zero attached hydrogens (tertiary/aromatic N) is 5. The monoisotopic (exact) mass is 265 g/mol. The highest BCUT2D eigenvalue weighted by Gasteiger charge is 2.07. The van der Waals surface area contributed by atoms with Gasteiger partial charge in [0.1, 0.15) is 12.1 Å². The normalized spacial score (nSPS) is 11.2. The summed E-state index contributed by atoms with van der Waals surface area (Å²) in [7, 11) is 0. The molecule has 0 aliphatic carbocycles. The number of aromatic amines is 1. The predicted molar refractivity (Wildman–Crippen MR) is 74.2 cm³/mol. The Morgan fingerprint density at radius 1 is 1.20 bits per heavy atom. The molecule has 4 aromatic heterocycles. The lowest BCUT2D eigenvalue weighted by Gasteiger charge is -2.04. The summed E-state index contributed by atoms with van der Waals surface area (Å²) in [5, 5.41) is 15.3. The van der Waals surface area contributed by atoms with Gasteiger partial charge in [-0.3, -0.25) is 5.10 Å². The Morgan fingerprint density at radius 2 is 2.20 bits per heavy atom. The van der Waals surface area contributed by atoms with E-state index in [9.17, 15) is 0 Å². The smallest absolute Gasteiger partial charge is 0.160 e. The van der Waals surface area contributed by atoms with Crippen LogP contribution in [0.2, 0.25) is 0 Å². The minimum Gasteiger partial charge on any atom is -0.365 e. The van der Waals surface area contributed by atoms with E-state index in [-0.39, 0.29) is 0 Å². The van der Waals surface area contributed by atoms with Crippen molar-refractivity contribution in [2.45, 2.75) is 6.54 Å². The van der Waals surface area contributed by atoms with E-state index in [0.29, 0.717) is 6.54 Å². The molecule has 0 bridgehead atoms. The van der Waals surface area contributed by atoms with E-state index in [4.69, 9.17) is 0 Å². The van der Waals surface area contributed by atoms with Gasteiger partial charge in [-0.1, -0.05) is 6.07 Å². The largest absolute Gasteiger partial charge is 0.365 e. The van der Waals surface area contributed by atoms with E-state index in [2.05, 4.69) is 30.6 Å². The number of aromatic nitrogens is 6. The molecule has 0 fully saturated rings. The average molecular weight is 265 g/mol. The molecule has 0 atom stereocenters. The molecular formula is C13H11N7. The number of nitrogens with one attached hydrogen (secondary N) is 2. The Labute approximate surface area is 113 Å². The third-order valence-electron chi connectivity index (χ3n) is 3.20. The number of fused-ring (bicyclic) bond motifs is 2. The van der Waals surface area contributed by atoms with Gasteiger partial charge < -0.3 is 5.32 Å². The van der Waals surface area contributed by atoms with Crippen LogP contribution in [0.4, 0.5) is 5.82 Å². The van der Waals surface area contributed by atoms with Crippen LogP contribution in [-0.4, -0.2) is 29.8 Å². The number of rotatable bonds is 3. The number of pyridine rings is 1. The summed E-state index contributed by atoms with van der Waals surface area (Å²) in [6, 6.07) is 5.99. The van der Waals surface area contributed by atoms with Crippen LogP contribution in [0.25, 0.3) is 16.6 Å². The van der Waals surface area contributed by atoms with Gasteiger partial charge in [-0.15, -0.1) is 0 Å². The molecule has 0 unspecified atom stereocenters. The van der Waals surface area contributed by atoms with E-state index in [1.165, 1.54) is 6.33 Å². The van der Waals surface area contributed by atoms with E-state index >= 15 is 0 Å². The second kappa shape index (κ2) is 4.30. The first-order valence-corrected chi connectivity index (χ1v) is 6.21. The van der Waals surface area contributed by atoms with Crippen molar-refractivity contribution in [3.05, 3.63) is 48.7 Å². The minimum atomic E-state index is 0.644. The first-order chi connectivity index (χ1) is 9.92. The molecule has 0 aromatic carbocycles. The van der Waals surface area contributed by atoms with E-state index in [0.717, 1.165) is 27.9 Å². The molecule has 0 saturated heterocycles. The van der Waals surface area contributed by atoms with Crippen LogP contribution in [0.3, 0.4) is 0 Å². The first-order valence-electron chi connectivity index (χ1n) is 6.21. The van der Waals surface area contributed by atoms with Crippen molar-refractivity contribution in [2.24, 2.45) is 0 Å². The van der Waals surface area contributed by atoms with Crippen molar-refractivity contribution >= 4 is 22.4 Å². The SMILES string of the molecule is c1ccn2ncc(CNc3ncnc4[nH]ncc34)c2c1. The summed E-state index contributed by atoms with van der Waals surface area (Å²) in [6.07, 6.45) is 7.01. The number of hydrogen-bond donors (Lipinski definition) is 2. The second-order valence-electron chi connectivity index (χ2n) is 4.41. The third-order valence-corrected chi connectivity index (χ3v) is 3.20. The summed E-state index contributed by atoms with van der Waals surface area (Å²) in [5.41, 5.74) is 2.92. The maximum absolute atomic E-state index is 4.31. The molecule has 7 heteroatoms. The maximum atomic E-state index is 4.31. The van der Waals surface area contributed by atoms with Crippen LogP contribution >= 0.6 is 0 Å². The van der Waals surface area contributed by atoms with Crippen molar-refractivity contribution in [1.29, 1.82) is 0 Å². The topological polar surface area (TPSA) is 83.8 Å². The van der Waals surface area contributed by atoms with Crippen molar-refractivity contribution in [3.8, 4) is 0 Å². The van der Waals surface area contributed by atoms with Crippen molar-refractivity contribution < 1.29 is 0 Å². The van der Waals surface area contributed by atoms with Gasteiger partial charge in [0, 0.05) is 18.3 Å². The molecule has 0 amide bonds. The van der Waals surface area contributed by atoms with E-state index < -0.39 is 0 Å². The molecule has 4 rings (SSSR count). The van der Waals surface area contributed by atoms with Gasteiger partial charge in [0.05, 0.1) is 23.3 Å². The van der Waals surface area contributed by atoms with Gasteiger partial charge in [-0.25, -0.2) is 14.5 Å². The maximum Gasteiger partial charge on any atom is 0.160 e. The van der Waals surface area contributed by atoms with Gasteiger partial charge >= 0.3 is 0 Å². The zero-order valence-corrected chi connectivity index (χ0v) is 10.5. The molecule has 0 spiro atoms. The number of anilines is 1. The molecule has 4 heterocycles. The van der Waals surface area contributed by atoms with Gasteiger partial charge in [-0.05, 0) is 12.1 Å². The van der Waals surface area contributed by atoms with Crippen LogP contribution in [0.5, 0.6) is 0 Å². The predicted octanol–water partition coefficient (Wildman–Crippen LogP) is 1.61. The summed E-state index contributed by atoms with van der Waals surface area (Å²) in [4.78, 5) is 8.36. The average Bonchev–Trinajstić information content (AvgIpc) is 3.12. The fraction of sp³-hybridized carbons (Fsp3) is 0.0769. The van der Waals surface area contributed by atoms with Gasteiger partial charge in [0.2, 0.25) is 0 Å². The fourth-order valence-electron chi connectivity index (χ4n) is 2.21. The van der Waals surface area contributed by atoms with Gasteiger partial charge in [0.25, 0.3) is 0 Å². The third kappa shape index (κ3) is 1.68. The van der Waals surface area contributed by atoms with Gasteiger partial charge in [-0.2, -0.15) is 10.2 Å². The number of H-pyrrole nitrogens is 1. The van der Waals surface area contributed by atoms with Crippen LogP contribution in [0.1, 0.15) is 5.56 Å². The zero-order valence-electron chi connectivity index (χ0n) is 10.5. The molecule has 20 heavy (non-hydrogen) atoms. The van der Waals surface area contributed by atoms with Crippen LogP contribution in [-0.2, 0) is 6.54 Å². The highest BCUT2D eigenvalue weighted by Crippen LogP contribution is 2.18. The standard InChI is InChI=1S/C13H11N7/c1-2-4-20-11(3-1)9(6-18-20)5-14-12-10-7-17-19-13(10)16-8-15-12/h1-4,6-8H,5H2,(H2,14,15,16,17,19). The summed E-state index contributed by atoms with van der Waals surface area (Å²) < 4.78 is 1.85. The van der Waals surface area contributed by atoms with Gasteiger partial charge in [0.15, 0.2) is 5.65 Å². The Hall–Kier alpha value is -2.96. The molecular weight excluding hydrogens is 254 g/mol. The van der Waals surface area contributed by atoms with Crippen LogP contribution < -0.4 is 5.32 Å². The minimum absolute atomic E-state index is 0.644. The Morgan fingerprint density at radius 3 is 3.20 bits per heavy atom. The molecule has 0 radical (unpaired) electrons. The van der Waals surface area contributed by atoms with Crippen molar-refractivity contribution in [1.82, 2.24) is 29.8 Å². The lowest BCUT2D eigenvalue weighted by Crippen LogP contribution is -2.01. The lowest BCUT2D eigenvalue weighted by molar-refractivity contribution is 0.961. The number of hydrogen-bond acceptors (Lipinski definition) is 5. The Kier molecular flexibility index (Phi) is 2.35. The first kappa shape index (κ1) is 10.9. The summed E-state index contributed by atoms with van der Waals surface area (Å²) in [5.74, 6) is 0.763. The van der Waals surface area contributed by atoms with Crippen molar-refractivity contribution in [2.75, 3.05) is 5.32 Å². The van der Waals surface area contributed by atoms with Crippen molar-refractivity contribution in [3.63, 3.8) is 0 Å². The lowest BCUT2D eigenvalue weighted by atomic mass is 10.2. The molecule has 0 aliphatic heterocycles. The molecule has 7 nitrogen and oxygen atoms in total. The second-order valence-corrected chi connectivity index (χ2v) is 4.41. The Bertz CT molecular complexity index is 876. The fourth-order valence-corrected chi connectivity index (χ4v) is 2.21. The molecule has 98 valence electrons. The summed E-state index contributed by atoms with van der Waals surface area (Å²) >= 11 is 0. The zero-order chi connectivity index (χ0) is 13.4. The van der Waals surface area contributed by atoms with Crippen LogP contribution in [0.15, 0.2) is 43.1 Å². The molecule has 0 aliphatic rings. The molecule has 4 aromatic rings. The van der Waals surface area contributed by atoms with E-state index in [1.54, 1.807) is 6.20 Å². The molecule has 0 saturated carbocycles. The molecule has 2 N–H and O–H groups in total. The Balaban J connectivity index is 1.66. The van der Waals surface area contributed by atoms with E-state index in [1.807, 2.05) is 35.1 Å². The highest BCUT2D eigenvalue weighted by atomic mass is 15.2. The summed E-state index contributed by atoms with van der Waals surface area (Å²) in [6.45, 7) is 0.644. The highest BCUT2D eigenvalue weighted by molar-refractivity contribution is 5.85. The quantitative estimate of drug-likeness (QED) is 0.588. The van der Waals surface area contributed by atoms with Crippen LogP contribution in [0, 0.1) is 0 Å².